The van der Waals surface area contributed by atoms with Crippen LogP contribution in [0.15, 0.2) is 11.0 Å². The average molecular weight is 300 g/mol. The van der Waals surface area contributed by atoms with E-state index >= 15 is 0 Å². The quantitative estimate of drug-likeness (QED) is 0.877. The van der Waals surface area contributed by atoms with Gasteiger partial charge in [-0.1, -0.05) is 24.9 Å². The van der Waals surface area contributed by atoms with Crippen molar-refractivity contribution in [3.8, 4) is 0 Å². The summed E-state index contributed by atoms with van der Waals surface area (Å²) in [6.45, 7) is 5.14. The Kier molecular flexibility index (Phi) is 5.86. The monoisotopic (exact) mass is 299 g/mol. The minimum Gasteiger partial charge on any atom is -0.382 e. The molecule has 0 saturated carbocycles. The van der Waals surface area contributed by atoms with E-state index in [0.29, 0.717) is 18.2 Å². The van der Waals surface area contributed by atoms with Crippen LogP contribution in [0.4, 0.5) is 5.69 Å². The highest BCUT2D eigenvalue weighted by molar-refractivity contribution is 6.32. The van der Waals surface area contributed by atoms with Crippen LogP contribution in [-0.2, 0) is 11.3 Å². The molecule has 5 nitrogen and oxygen atoms in total. The van der Waals surface area contributed by atoms with Crippen LogP contribution in [0.3, 0.4) is 0 Å². The molecule has 2 heterocycles. The Hall–Kier alpha value is -1.07. The van der Waals surface area contributed by atoms with Gasteiger partial charge in [-0.3, -0.25) is 4.79 Å². The molecular formula is C14H22ClN3O2. The van der Waals surface area contributed by atoms with Crippen LogP contribution in [0.1, 0.15) is 32.6 Å². The maximum atomic E-state index is 12.1. The first-order valence-electron chi connectivity index (χ1n) is 7.29. The van der Waals surface area contributed by atoms with E-state index in [0.717, 1.165) is 45.4 Å². The van der Waals surface area contributed by atoms with Crippen LogP contribution in [0.2, 0.25) is 5.02 Å². The number of anilines is 1. The molecule has 1 saturated heterocycles. The highest BCUT2D eigenvalue weighted by Gasteiger charge is 2.15. The van der Waals surface area contributed by atoms with Crippen molar-refractivity contribution >= 4 is 17.3 Å². The lowest BCUT2D eigenvalue weighted by Gasteiger charge is -2.22. The molecule has 112 valence electrons. The van der Waals surface area contributed by atoms with Gasteiger partial charge >= 0.3 is 0 Å². The van der Waals surface area contributed by atoms with E-state index in [1.165, 1.54) is 4.68 Å². The number of aryl methyl sites for hydroxylation is 1. The fourth-order valence-corrected chi connectivity index (χ4v) is 2.47. The van der Waals surface area contributed by atoms with Crippen molar-refractivity contribution in [3.63, 3.8) is 0 Å². The van der Waals surface area contributed by atoms with E-state index in [9.17, 15) is 4.79 Å². The molecule has 1 aromatic heterocycles. The summed E-state index contributed by atoms with van der Waals surface area (Å²) in [7, 11) is 0. The number of aromatic nitrogens is 2. The topological polar surface area (TPSA) is 56.1 Å². The molecule has 1 aromatic rings. The Bertz CT molecular complexity index is 484. The fraction of sp³-hybridized carbons (Fsp3) is 0.714. The summed E-state index contributed by atoms with van der Waals surface area (Å²) in [5.74, 6) is 0.572. The van der Waals surface area contributed by atoms with Crippen LogP contribution < -0.4 is 10.9 Å². The summed E-state index contributed by atoms with van der Waals surface area (Å²) in [5, 5.41) is 7.66. The van der Waals surface area contributed by atoms with Crippen LogP contribution >= 0.6 is 11.6 Å². The SMILES string of the molecule is CCCCn1ncc(NCC2CCOCC2)c(Cl)c1=O. The maximum Gasteiger partial charge on any atom is 0.287 e. The van der Waals surface area contributed by atoms with E-state index in [1.807, 2.05) is 0 Å². The van der Waals surface area contributed by atoms with Gasteiger partial charge < -0.3 is 10.1 Å². The van der Waals surface area contributed by atoms with Gasteiger partial charge in [0.25, 0.3) is 5.56 Å². The van der Waals surface area contributed by atoms with Crippen molar-refractivity contribution in [1.29, 1.82) is 0 Å². The normalized spacial score (nSPS) is 16.3. The molecule has 1 N–H and O–H groups in total. The lowest BCUT2D eigenvalue weighted by molar-refractivity contribution is 0.0699. The summed E-state index contributed by atoms with van der Waals surface area (Å²) < 4.78 is 6.76. The van der Waals surface area contributed by atoms with Crippen molar-refractivity contribution < 1.29 is 4.74 Å². The molecule has 0 amide bonds. The molecule has 0 radical (unpaired) electrons. The summed E-state index contributed by atoms with van der Waals surface area (Å²) in [4.78, 5) is 12.1. The van der Waals surface area contributed by atoms with Crippen LogP contribution in [-0.4, -0.2) is 29.5 Å². The molecule has 0 bridgehead atoms. The van der Waals surface area contributed by atoms with E-state index in [-0.39, 0.29) is 10.6 Å². The number of unbranched alkanes of at least 4 members (excludes halogenated alkanes) is 1. The van der Waals surface area contributed by atoms with Gasteiger partial charge in [0.05, 0.1) is 11.9 Å². The number of rotatable bonds is 6. The smallest absolute Gasteiger partial charge is 0.287 e. The molecule has 0 aliphatic carbocycles. The van der Waals surface area contributed by atoms with Gasteiger partial charge in [0.15, 0.2) is 0 Å². The largest absolute Gasteiger partial charge is 0.382 e. The Morgan fingerprint density at radius 1 is 1.50 bits per heavy atom. The second-order valence-electron chi connectivity index (χ2n) is 5.19. The number of hydrogen-bond donors (Lipinski definition) is 1. The Morgan fingerprint density at radius 2 is 2.25 bits per heavy atom. The zero-order valence-corrected chi connectivity index (χ0v) is 12.7. The van der Waals surface area contributed by atoms with Gasteiger partial charge in [0, 0.05) is 26.3 Å². The van der Waals surface area contributed by atoms with Crippen LogP contribution in [0.25, 0.3) is 0 Å². The highest BCUT2D eigenvalue weighted by atomic mass is 35.5. The number of ether oxygens (including phenoxy) is 1. The van der Waals surface area contributed by atoms with E-state index in [1.54, 1.807) is 6.20 Å². The first-order chi connectivity index (χ1) is 9.72. The van der Waals surface area contributed by atoms with Crippen LogP contribution in [0.5, 0.6) is 0 Å². The van der Waals surface area contributed by atoms with Gasteiger partial charge in [-0.05, 0) is 25.2 Å². The molecular weight excluding hydrogens is 278 g/mol. The van der Waals surface area contributed by atoms with Gasteiger partial charge in [-0.2, -0.15) is 5.10 Å². The second kappa shape index (κ2) is 7.64. The summed E-state index contributed by atoms with van der Waals surface area (Å²) in [6, 6.07) is 0. The maximum absolute atomic E-state index is 12.1. The third kappa shape index (κ3) is 3.96. The summed E-state index contributed by atoms with van der Waals surface area (Å²) in [6.07, 6.45) is 5.70. The fourth-order valence-electron chi connectivity index (χ4n) is 2.26. The zero-order chi connectivity index (χ0) is 14.4. The third-order valence-corrected chi connectivity index (χ3v) is 4.00. The molecule has 20 heavy (non-hydrogen) atoms. The predicted octanol–water partition coefficient (Wildman–Crippen LogP) is 2.54. The first-order valence-corrected chi connectivity index (χ1v) is 7.67. The molecule has 2 rings (SSSR count). The number of nitrogens with one attached hydrogen (secondary N) is 1. The zero-order valence-electron chi connectivity index (χ0n) is 11.9. The third-order valence-electron chi connectivity index (χ3n) is 3.63. The molecule has 6 heteroatoms. The number of halogens is 1. The Morgan fingerprint density at radius 3 is 2.95 bits per heavy atom. The first kappa shape index (κ1) is 15.3. The number of nitrogens with zero attached hydrogens (tertiary/aromatic N) is 2. The standard InChI is InChI=1S/C14H22ClN3O2/c1-2-3-6-18-14(19)13(15)12(10-17-18)16-9-11-4-7-20-8-5-11/h10-11,16H,2-9H2,1H3. The van der Waals surface area contributed by atoms with Crippen LogP contribution in [0, 0.1) is 5.92 Å². The van der Waals surface area contributed by atoms with E-state index in [2.05, 4.69) is 17.3 Å². The molecule has 1 fully saturated rings. The lowest BCUT2D eigenvalue weighted by atomic mass is 10.0. The molecule has 1 aliphatic rings. The highest BCUT2D eigenvalue weighted by Crippen LogP contribution is 2.19. The lowest BCUT2D eigenvalue weighted by Crippen LogP contribution is -2.26. The van der Waals surface area contributed by atoms with E-state index < -0.39 is 0 Å². The minimum atomic E-state index is -0.211. The summed E-state index contributed by atoms with van der Waals surface area (Å²) in [5.41, 5.74) is 0.424. The summed E-state index contributed by atoms with van der Waals surface area (Å²) >= 11 is 6.13. The second-order valence-corrected chi connectivity index (χ2v) is 5.57. The van der Waals surface area contributed by atoms with Crippen molar-refractivity contribution in [3.05, 3.63) is 21.6 Å². The van der Waals surface area contributed by atoms with Crippen molar-refractivity contribution in [2.24, 2.45) is 5.92 Å². The predicted molar refractivity (Wildman–Crippen MR) is 80.4 cm³/mol. The van der Waals surface area contributed by atoms with Gasteiger partial charge in [0.2, 0.25) is 0 Å². The average Bonchev–Trinajstić information content (AvgIpc) is 2.49. The van der Waals surface area contributed by atoms with Crippen molar-refractivity contribution in [2.75, 3.05) is 25.1 Å². The molecule has 0 atom stereocenters. The molecule has 0 spiro atoms. The Labute approximate surface area is 124 Å². The molecule has 0 unspecified atom stereocenters. The number of hydrogen-bond acceptors (Lipinski definition) is 4. The van der Waals surface area contributed by atoms with Gasteiger partial charge in [0.1, 0.15) is 5.02 Å². The van der Waals surface area contributed by atoms with E-state index in [4.69, 9.17) is 16.3 Å². The van der Waals surface area contributed by atoms with Crippen molar-refractivity contribution in [2.45, 2.75) is 39.2 Å². The van der Waals surface area contributed by atoms with Gasteiger partial charge in [-0.15, -0.1) is 0 Å². The van der Waals surface area contributed by atoms with Gasteiger partial charge in [-0.25, -0.2) is 4.68 Å². The Balaban J connectivity index is 1.97. The van der Waals surface area contributed by atoms with Crippen molar-refractivity contribution in [1.82, 2.24) is 9.78 Å². The minimum absolute atomic E-state index is 0.211. The molecule has 0 aromatic carbocycles. The molecule has 1 aliphatic heterocycles.